The molecule has 0 aromatic heterocycles. The SMILES string of the molecule is CCOC(=O)C1CCC(OC(C(=O)OC(C)(C)C)(N2CCCC2)N2CCCC2NC(C)=O)CC1. The Balaban J connectivity index is 1.91. The van der Waals surface area contributed by atoms with E-state index >= 15 is 0 Å². The van der Waals surface area contributed by atoms with E-state index in [0.717, 1.165) is 38.8 Å². The van der Waals surface area contributed by atoms with Crippen LogP contribution in [-0.2, 0) is 28.6 Å². The molecule has 0 aromatic rings. The maximum Gasteiger partial charge on any atom is 0.371 e. The van der Waals surface area contributed by atoms with Gasteiger partial charge in [0.1, 0.15) is 5.60 Å². The minimum Gasteiger partial charge on any atom is -0.466 e. The van der Waals surface area contributed by atoms with Crippen LogP contribution >= 0.6 is 0 Å². The lowest BCUT2D eigenvalue weighted by Crippen LogP contribution is -2.71. The molecule has 2 saturated heterocycles. The molecule has 2 aliphatic heterocycles. The standard InChI is InChI=1S/C25H43N3O6/c1-6-32-22(30)19-11-13-20(14-12-19)33-25(27-15-7-8-16-27,23(31)34-24(3,4)5)28-17-9-10-21(28)26-18(2)29/h19-21H,6-17H2,1-5H3,(H,26,29). The number of carbonyl (C=O) groups is 3. The van der Waals surface area contributed by atoms with Crippen molar-refractivity contribution in [2.75, 3.05) is 26.2 Å². The van der Waals surface area contributed by atoms with Gasteiger partial charge in [-0.15, -0.1) is 0 Å². The number of likely N-dealkylation sites (tertiary alicyclic amines) is 2. The molecule has 1 N–H and O–H groups in total. The number of hydrogen-bond donors (Lipinski definition) is 1. The number of carbonyl (C=O) groups excluding carboxylic acids is 3. The predicted molar refractivity (Wildman–Crippen MR) is 126 cm³/mol. The number of rotatable bonds is 8. The average Bonchev–Trinajstić information content (AvgIpc) is 3.44. The van der Waals surface area contributed by atoms with Gasteiger partial charge in [0, 0.05) is 26.6 Å². The Hall–Kier alpha value is -1.71. The highest BCUT2D eigenvalue weighted by molar-refractivity contribution is 5.80. The molecule has 2 unspecified atom stereocenters. The molecule has 0 spiro atoms. The summed E-state index contributed by atoms with van der Waals surface area (Å²) in [5.74, 6) is -2.24. The monoisotopic (exact) mass is 481 g/mol. The molecule has 9 heteroatoms. The second-order valence-corrected chi connectivity index (χ2v) is 10.7. The molecule has 3 aliphatic rings. The summed E-state index contributed by atoms with van der Waals surface area (Å²) in [5, 5.41) is 3.02. The number of esters is 2. The van der Waals surface area contributed by atoms with Gasteiger partial charge in [0.25, 0.3) is 5.85 Å². The first-order valence-electron chi connectivity index (χ1n) is 12.9. The van der Waals surface area contributed by atoms with Crippen molar-refractivity contribution >= 4 is 17.8 Å². The molecule has 1 aliphatic carbocycles. The number of ether oxygens (including phenoxy) is 3. The van der Waals surface area contributed by atoms with Crippen LogP contribution in [-0.4, -0.2) is 77.6 Å². The minimum atomic E-state index is -1.41. The van der Waals surface area contributed by atoms with Crippen LogP contribution in [0.2, 0.25) is 0 Å². The van der Waals surface area contributed by atoms with E-state index in [0.29, 0.717) is 38.8 Å². The molecule has 9 nitrogen and oxygen atoms in total. The quantitative estimate of drug-likeness (QED) is 0.529. The summed E-state index contributed by atoms with van der Waals surface area (Å²) in [5.41, 5.74) is -0.684. The molecular formula is C25H43N3O6. The van der Waals surface area contributed by atoms with E-state index in [2.05, 4.69) is 10.2 Å². The second-order valence-electron chi connectivity index (χ2n) is 10.7. The summed E-state index contributed by atoms with van der Waals surface area (Å²) in [6.45, 7) is 11.3. The van der Waals surface area contributed by atoms with Crippen molar-refractivity contribution in [3.05, 3.63) is 0 Å². The molecule has 0 bridgehead atoms. The minimum absolute atomic E-state index is 0.124. The van der Waals surface area contributed by atoms with Crippen LogP contribution in [0, 0.1) is 5.92 Å². The molecule has 0 aromatic carbocycles. The topological polar surface area (TPSA) is 97.4 Å². The van der Waals surface area contributed by atoms with E-state index in [-0.39, 0.29) is 30.1 Å². The van der Waals surface area contributed by atoms with Crippen LogP contribution in [0.25, 0.3) is 0 Å². The zero-order valence-corrected chi connectivity index (χ0v) is 21.6. The Bertz CT molecular complexity index is 725. The van der Waals surface area contributed by atoms with Crippen molar-refractivity contribution in [2.24, 2.45) is 5.92 Å². The molecule has 2 heterocycles. The Morgan fingerprint density at radius 2 is 1.59 bits per heavy atom. The predicted octanol–water partition coefficient (Wildman–Crippen LogP) is 2.77. The number of nitrogens with one attached hydrogen (secondary N) is 1. The van der Waals surface area contributed by atoms with Gasteiger partial charge in [-0.2, -0.15) is 0 Å². The van der Waals surface area contributed by atoms with E-state index in [4.69, 9.17) is 14.2 Å². The van der Waals surface area contributed by atoms with Gasteiger partial charge in [-0.1, -0.05) is 0 Å². The van der Waals surface area contributed by atoms with Crippen molar-refractivity contribution in [2.45, 2.75) is 110 Å². The number of amides is 1. The van der Waals surface area contributed by atoms with Gasteiger partial charge in [0.15, 0.2) is 0 Å². The lowest BCUT2D eigenvalue weighted by atomic mass is 9.87. The molecule has 194 valence electrons. The Labute approximate surface area is 203 Å². The van der Waals surface area contributed by atoms with Crippen molar-refractivity contribution in [1.29, 1.82) is 0 Å². The van der Waals surface area contributed by atoms with E-state index in [1.807, 2.05) is 32.6 Å². The molecule has 1 saturated carbocycles. The number of hydrogen-bond acceptors (Lipinski definition) is 8. The van der Waals surface area contributed by atoms with Gasteiger partial charge < -0.3 is 19.5 Å². The summed E-state index contributed by atoms with van der Waals surface area (Å²) in [6, 6.07) is 0. The van der Waals surface area contributed by atoms with Crippen molar-refractivity contribution in [3.8, 4) is 0 Å². The van der Waals surface area contributed by atoms with Crippen LogP contribution in [0.15, 0.2) is 0 Å². The van der Waals surface area contributed by atoms with Crippen LogP contribution in [0.5, 0.6) is 0 Å². The third-order valence-corrected chi connectivity index (χ3v) is 6.84. The van der Waals surface area contributed by atoms with Crippen molar-refractivity contribution in [1.82, 2.24) is 15.1 Å². The van der Waals surface area contributed by atoms with E-state index in [1.165, 1.54) is 6.92 Å². The largest absolute Gasteiger partial charge is 0.466 e. The fourth-order valence-corrected chi connectivity index (χ4v) is 5.41. The highest BCUT2D eigenvalue weighted by Crippen LogP contribution is 2.39. The molecular weight excluding hydrogens is 438 g/mol. The first-order chi connectivity index (χ1) is 16.1. The lowest BCUT2D eigenvalue weighted by molar-refractivity contribution is -0.281. The van der Waals surface area contributed by atoms with Gasteiger partial charge in [0.05, 0.1) is 24.8 Å². The second kappa shape index (κ2) is 11.4. The van der Waals surface area contributed by atoms with Crippen molar-refractivity contribution in [3.63, 3.8) is 0 Å². The van der Waals surface area contributed by atoms with Gasteiger partial charge in [-0.25, -0.2) is 9.69 Å². The van der Waals surface area contributed by atoms with Crippen molar-refractivity contribution < 1.29 is 28.6 Å². The fraction of sp³-hybridized carbons (Fsp3) is 0.880. The van der Waals surface area contributed by atoms with E-state index < -0.39 is 17.4 Å². The fourth-order valence-electron chi connectivity index (χ4n) is 5.41. The first kappa shape index (κ1) is 26.9. The van der Waals surface area contributed by atoms with Crippen LogP contribution in [0.1, 0.15) is 86.0 Å². The van der Waals surface area contributed by atoms with Crippen LogP contribution < -0.4 is 5.32 Å². The molecule has 0 radical (unpaired) electrons. The lowest BCUT2D eigenvalue weighted by Gasteiger charge is -2.49. The number of nitrogens with zero attached hydrogens (tertiary/aromatic N) is 2. The maximum atomic E-state index is 14.0. The Morgan fingerprint density at radius 3 is 2.15 bits per heavy atom. The summed E-state index contributed by atoms with van der Waals surface area (Å²) >= 11 is 0. The van der Waals surface area contributed by atoms with Gasteiger partial charge in [0.2, 0.25) is 5.91 Å². The van der Waals surface area contributed by atoms with E-state index in [1.54, 1.807) is 0 Å². The van der Waals surface area contributed by atoms with Gasteiger partial charge in [-0.05, 0) is 79.1 Å². The summed E-state index contributed by atoms with van der Waals surface area (Å²) in [4.78, 5) is 42.3. The molecule has 2 atom stereocenters. The summed E-state index contributed by atoms with van der Waals surface area (Å²) < 4.78 is 18.0. The molecule has 1 amide bonds. The zero-order chi connectivity index (χ0) is 24.9. The average molecular weight is 482 g/mol. The third-order valence-electron chi connectivity index (χ3n) is 6.84. The van der Waals surface area contributed by atoms with Gasteiger partial charge in [-0.3, -0.25) is 14.5 Å². The van der Waals surface area contributed by atoms with E-state index in [9.17, 15) is 14.4 Å². The Kier molecular flexibility index (Phi) is 8.98. The zero-order valence-electron chi connectivity index (χ0n) is 21.6. The summed E-state index contributed by atoms with van der Waals surface area (Å²) in [7, 11) is 0. The molecule has 3 rings (SSSR count). The highest BCUT2D eigenvalue weighted by Gasteiger charge is 2.58. The normalized spacial score (nSPS) is 28.3. The highest BCUT2D eigenvalue weighted by atomic mass is 16.6. The third kappa shape index (κ3) is 6.29. The Morgan fingerprint density at radius 1 is 0.941 bits per heavy atom. The molecule has 3 fully saturated rings. The van der Waals surface area contributed by atoms with Crippen LogP contribution in [0.3, 0.4) is 0 Å². The summed E-state index contributed by atoms with van der Waals surface area (Å²) in [6.07, 6.45) is 5.72. The van der Waals surface area contributed by atoms with Gasteiger partial charge >= 0.3 is 11.9 Å². The first-order valence-corrected chi connectivity index (χ1v) is 12.9. The van der Waals surface area contributed by atoms with Crippen LogP contribution in [0.4, 0.5) is 0 Å². The molecule has 34 heavy (non-hydrogen) atoms. The smallest absolute Gasteiger partial charge is 0.371 e. The maximum absolute atomic E-state index is 14.0.